The van der Waals surface area contributed by atoms with Crippen molar-refractivity contribution >= 4 is 23.7 Å². The van der Waals surface area contributed by atoms with Gasteiger partial charge in [-0.1, -0.05) is 30.7 Å². The summed E-state index contributed by atoms with van der Waals surface area (Å²) in [5.41, 5.74) is 3.25. The minimum Gasteiger partial charge on any atom is -0.494 e. The molecule has 0 bridgehead atoms. The van der Waals surface area contributed by atoms with Gasteiger partial charge in [-0.25, -0.2) is 5.43 Å². The molecule has 0 heterocycles. The van der Waals surface area contributed by atoms with Crippen molar-refractivity contribution in [2.75, 3.05) is 13.2 Å². The summed E-state index contributed by atoms with van der Waals surface area (Å²) < 4.78 is 10.8. The predicted octanol–water partition coefficient (Wildman–Crippen LogP) is 3.66. The van der Waals surface area contributed by atoms with E-state index in [1.165, 1.54) is 0 Å². The number of nitrogens with zero attached hydrogens (tertiary/aromatic N) is 1. The van der Waals surface area contributed by atoms with Crippen molar-refractivity contribution in [3.05, 3.63) is 59.1 Å². The van der Waals surface area contributed by atoms with Crippen molar-refractivity contribution in [2.45, 2.75) is 13.3 Å². The van der Waals surface area contributed by atoms with Crippen molar-refractivity contribution in [3.8, 4) is 11.5 Å². The molecule has 0 radical (unpaired) electrons. The van der Waals surface area contributed by atoms with Gasteiger partial charge in [0, 0.05) is 0 Å². The number of hydrogen-bond acceptors (Lipinski definition) is 4. The molecule has 0 saturated carbocycles. The van der Waals surface area contributed by atoms with Gasteiger partial charge >= 0.3 is 0 Å². The molecule has 0 aliphatic carbocycles. The number of rotatable bonds is 8. The number of halogens is 1. The molecule has 6 heteroatoms. The lowest BCUT2D eigenvalue weighted by molar-refractivity contribution is -0.123. The van der Waals surface area contributed by atoms with E-state index in [9.17, 15) is 4.79 Å². The highest BCUT2D eigenvalue weighted by Gasteiger charge is 2.04. The molecule has 0 saturated heterocycles. The molecular weight excluding hydrogens is 328 g/mol. The maximum Gasteiger partial charge on any atom is 0.277 e. The van der Waals surface area contributed by atoms with Gasteiger partial charge in [0.25, 0.3) is 5.91 Å². The van der Waals surface area contributed by atoms with Crippen LogP contribution in [0.5, 0.6) is 11.5 Å². The summed E-state index contributed by atoms with van der Waals surface area (Å²) >= 11 is 5.94. The van der Waals surface area contributed by atoms with Gasteiger partial charge in [-0.2, -0.15) is 5.10 Å². The van der Waals surface area contributed by atoms with Crippen LogP contribution in [0.15, 0.2) is 53.6 Å². The molecule has 0 unspecified atom stereocenters. The van der Waals surface area contributed by atoms with Gasteiger partial charge in [0.2, 0.25) is 0 Å². The van der Waals surface area contributed by atoms with Crippen LogP contribution in [0.3, 0.4) is 0 Å². The summed E-state index contributed by atoms with van der Waals surface area (Å²) in [5, 5.41) is 4.35. The van der Waals surface area contributed by atoms with Crippen LogP contribution in [0.1, 0.15) is 18.9 Å². The van der Waals surface area contributed by atoms with Crippen molar-refractivity contribution in [1.29, 1.82) is 0 Å². The zero-order valence-corrected chi connectivity index (χ0v) is 14.1. The predicted molar refractivity (Wildman–Crippen MR) is 94.9 cm³/mol. The van der Waals surface area contributed by atoms with E-state index >= 15 is 0 Å². The van der Waals surface area contributed by atoms with Crippen molar-refractivity contribution in [2.24, 2.45) is 5.10 Å². The fraction of sp³-hybridized carbons (Fsp3) is 0.222. The fourth-order valence-electron chi connectivity index (χ4n) is 1.79. The molecular formula is C18H19ClN2O3. The minimum atomic E-state index is -0.367. The van der Waals surface area contributed by atoms with Gasteiger partial charge in [-0.15, -0.1) is 0 Å². The molecule has 24 heavy (non-hydrogen) atoms. The summed E-state index contributed by atoms with van der Waals surface area (Å²) in [6, 6.07) is 14.4. The Morgan fingerprint density at radius 2 is 1.92 bits per heavy atom. The van der Waals surface area contributed by atoms with Gasteiger partial charge in [0.15, 0.2) is 6.61 Å². The highest BCUT2D eigenvalue weighted by Crippen LogP contribution is 2.22. The number of nitrogens with one attached hydrogen (secondary N) is 1. The van der Waals surface area contributed by atoms with Crippen LogP contribution in [-0.2, 0) is 4.79 Å². The van der Waals surface area contributed by atoms with Crippen molar-refractivity contribution in [3.63, 3.8) is 0 Å². The van der Waals surface area contributed by atoms with Crippen LogP contribution < -0.4 is 14.9 Å². The molecule has 0 fully saturated rings. The van der Waals surface area contributed by atoms with Crippen LogP contribution in [0.4, 0.5) is 0 Å². The smallest absolute Gasteiger partial charge is 0.277 e. The lowest BCUT2D eigenvalue weighted by Gasteiger charge is -2.06. The van der Waals surface area contributed by atoms with Crippen molar-refractivity contribution in [1.82, 2.24) is 5.43 Å². The second kappa shape index (κ2) is 9.57. The Morgan fingerprint density at radius 1 is 1.17 bits per heavy atom. The average molecular weight is 347 g/mol. The molecule has 0 spiro atoms. The third-order valence-corrected chi connectivity index (χ3v) is 3.26. The molecule has 2 rings (SSSR count). The maximum atomic E-state index is 11.7. The number of carbonyl (C=O) groups excluding carboxylic acids is 1. The molecule has 2 aromatic rings. The Balaban J connectivity index is 1.76. The molecule has 1 amide bonds. The number of hydrogen-bond donors (Lipinski definition) is 1. The highest BCUT2D eigenvalue weighted by molar-refractivity contribution is 6.32. The van der Waals surface area contributed by atoms with E-state index in [0.717, 1.165) is 17.7 Å². The molecule has 126 valence electrons. The fourth-order valence-corrected chi connectivity index (χ4v) is 1.98. The first-order valence-electron chi connectivity index (χ1n) is 7.61. The first-order chi connectivity index (χ1) is 11.7. The molecule has 5 nitrogen and oxygen atoms in total. The van der Waals surface area contributed by atoms with Crippen LogP contribution >= 0.6 is 11.6 Å². The van der Waals surface area contributed by atoms with Gasteiger partial charge in [-0.05, 0) is 48.4 Å². The molecule has 0 aromatic heterocycles. The largest absolute Gasteiger partial charge is 0.494 e. The Bertz CT molecular complexity index is 687. The molecule has 0 aliphatic heterocycles. The van der Waals surface area contributed by atoms with Crippen LogP contribution in [0.25, 0.3) is 0 Å². The molecule has 0 atom stereocenters. The number of ether oxygens (including phenoxy) is 2. The second-order valence-electron chi connectivity index (χ2n) is 4.93. The zero-order chi connectivity index (χ0) is 17.2. The van der Waals surface area contributed by atoms with E-state index in [1.54, 1.807) is 30.5 Å². The van der Waals surface area contributed by atoms with Gasteiger partial charge in [0.05, 0.1) is 17.8 Å². The Hall–Kier alpha value is -2.53. The monoisotopic (exact) mass is 346 g/mol. The first-order valence-corrected chi connectivity index (χ1v) is 7.99. The SMILES string of the molecule is CCCOc1ccc(/C=N\NC(=O)COc2ccccc2Cl)cc1. The summed E-state index contributed by atoms with van der Waals surface area (Å²) in [6.45, 7) is 2.58. The van der Waals surface area contributed by atoms with Gasteiger partial charge < -0.3 is 9.47 Å². The molecule has 2 aromatic carbocycles. The Kier molecular flexibility index (Phi) is 7.11. The third kappa shape index (κ3) is 5.93. The lowest BCUT2D eigenvalue weighted by Crippen LogP contribution is -2.24. The normalized spacial score (nSPS) is 10.6. The van der Waals surface area contributed by atoms with Crippen LogP contribution in [0.2, 0.25) is 5.02 Å². The van der Waals surface area contributed by atoms with E-state index in [4.69, 9.17) is 21.1 Å². The highest BCUT2D eigenvalue weighted by atomic mass is 35.5. The number of carbonyl (C=O) groups is 1. The zero-order valence-electron chi connectivity index (χ0n) is 13.4. The number of benzene rings is 2. The van der Waals surface area contributed by atoms with E-state index in [0.29, 0.717) is 17.4 Å². The number of para-hydroxylation sites is 1. The summed E-state index contributed by atoms with van der Waals surface area (Å²) in [6.07, 6.45) is 2.52. The third-order valence-electron chi connectivity index (χ3n) is 2.95. The van der Waals surface area contributed by atoms with E-state index < -0.39 is 0 Å². The molecule has 1 N–H and O–H groups in total. The minimum absolute atomic E-state index is 0.162. The van der Waals surface area contributed by atoms with Gasteiger partial charge in [0.1, 0.15) is 11.5 Å². The first kappa shape index (κ1) is 17.8. The van der Waals surface area contributed by atoms with Crippen LogP contribution in [0, 0.1) is 0 Å². The van der Waals surface area contributed by atoms with Crippen LogP contribution in [-0.4, -0.2) is 25.3 Å². The molecule has 0 aliphatic rings. The summed E-state index contributed by atoms with van der Waals surface area (Å²) in [4.78, 5) is 11.7. The van der Waals surface area contributed by atoms with Crippen molar-refractivity contribution < 1.29 is 14.3 Å². The summed E-state index contributed by atoms with van der Waals surface area (Å²) in [5.74, 6) is 0.904. The number of hydrazone groups is 1. The standard InChI is InChI=1S/C18H19ClN2O3/c1-2-11-23-15-9-7-14(8-10-15)12-20-21-18(22)13-24-17-6-4-3-5-16(17)19/h3-10,12H,2,11,13H2,1H3,(H,21,22)/b20-12-. The second-order valence-corrected chi connectivity index (χ2v) is 5.34. The average Bonchev–Trinajstić information content (AvgIpc) is 2.60. The lowest BCUT2D eigenvalue weighted by atomic mass is 10.2. The Morgan fingerprint density at radius 3 is 2.62 bits per heavy atom. The summed E-state index contributed by atoms with van der Waals surface area (Å²) in [7, 11) is 0. The quantitative estimate of drug-likeness (QED) is 0.586. The number of amides is 1. The topological polar surface area (TPSA) is 59.9 Å². The van der Waals surface area contributed by atoms with E-state index in [1.807, 2.05) is 24.3 Å². The van der Waals surface area contributed by atoms with Gasteiger partial charge in [-0.3, -0.25) is 4.79 Å². The maximum absolute atomic E-state index is 11.7. The van der Waals surface area contributed by atoms with E-state index in [2.05, 4.69) is 17.5 Å². The van der Waals surface area contributed by atoms with E-state index in [-0.39, 0.29) is 12.5 Å². The Labute approximate surface area is 146 Å².